The molecule has 0 aromatic rings. The van der Waals surface area contributed by atoms with Gasteiger partial charge >= 0.3 is 0 Å². The number of hydrogen-bond donors (Lipinski definition) is 1. The smallest absolute Gasteiger partial charge is 0.157 e. The van der Waals surface area contributed by atoms with Crippen molar-refractivity contribution in [2.24, 2.45) is 10.4 Å². The molecule has 0 bridgehead atoms. The van der Waals surface area contributed by atoms with Crippen molar-refractivity contribution in [3.63, 3.8) is 0 Å². The summed E-state index contributed by atoms with van der Waals surface area (Å²) in [4.78, 5) is 4.94. The van der Waals surface area contributed by atoms with Gasteiger partial charge in [-0.1, -0.05) is 39.0 Å². The maximum atomic E-state index is 4.94. The highest BCUT2D eigenvalue weighted by Crippen LogP contribution is 2.40. The highest BCUT2D eigenvalue weighted by Gasteiger charge is 2.36. The Balaban J connectivity index is 2.04. The van der Waals surface area contributed by atoms with E-state index in [4.69, 9.17) is 4.99 Å². The van der Waals surface area contributed by atoms with Crippen LogP contribution in [0.15, 0.2) is 4.99 Å². The van der Waals surface area contributed by atoms with E-state index >= 15 is 0 Å². The summed E-state index contributed by atoms with van der Waals surface area (Å²) in [6.07, 6.45) is 5.10. The molecule has 1 N–H and O–H groups in total. The van der Waals surface area contributed by atoms with Crippen LogP contribution in [0.1, 0.15) is 53.4 Å². The molecular formula is C13H24N2S. The second-order valence-electron chi connectivity index (χ2n) is 6.16. The molecule has 0 spiro atoms. The molecule has 3 heteroatoms. The first kappa shape index (κ1) is 12.3. The Hall–Kier alpha value is -0.180. The van der Waals surface area contributed by atoms with Gasteiger partial charge in [-0.15, -0.1) is 0 Å². The Morgan fingerprint density at radius 1 is 1.44 bits per heavy atom. The second-order valence-corrected chi connectivity index (χ2v) is 7.12. The van der Waals surface area contributed by atoms with Crippen molar-refractivity contribution < 1.29 is 0 Å². The van der Waals surface area contributed by atoms with Crippen LogP contribution < -0.4 is 5.32 Å². The highest BCUT2D eigenvalue weighted by molar-refractivity contribution is 8.14. The van der Waals surface area contributed by atoms with Crippen LogP contribution in [-0.4, -0.2) is 22.5 Å². The van der Waals surface area contributed by atoms with E-state index in [0.29, 0.717) is 11.5 Å². The summed E-state index contributed by atoms with van der Waals surface area (Å²) in [6.45, 7) is 9.25. The summed E-state index contributed by atoms with van der Waals surface area (Å²) < 4.78 is 0. The average molecular weight is 240 g/mol. The van der Waals surface area contributed by atoms with Crippen LogP contribution in [0.5, 0.6) is 0 Å². The third-order valence-corrected chi connectivity index (χ3v) is 5.45. The lowest BCUT2D eigenvalue weighted by atomic mass is 9.88. The van der Waals surface area contributed by atoms with Gasteiger partial charge in [-0.25, -0.2) is 0 Å². The summed E-state index contributed by atoms with van der Waals surface area (Å²) in [7, 11) is 0. The summed E-state index contributed by atoms with van der Waals surface area (Å²) >= 11 is 1.90. The van der Waals surface area contributed by atoms with Crippen LogP contribution in [0.2, 0.25) is 0 Å². The van der Waals surface area contributed by atoms with Gasteiger partial charge in [0, 0.05) is 11.3 Å². The van der Waals surface area contributed by atoms with E-state index in [1.807, 2.05) is 11.8 Å². The standard InChI is InChI=1S/C13H24N2S/c1-5-13(4)9-16-11(15-13)14-10-7-6-8-12(10,2)3/h10H,5-9H2,1-4H3,(H,14,15). The van der Waals surface area contributed by atoms with E-state index in [-0.39, 0.29) is 5.54 Å². The lowest BCUT2D eigenvalue weighted by Gasteiger charge is -2.25. The van der Waals surface area contributed by atoms with Crippen molar-refractivity contribution >= 4 is 16.9 Å². The summed E-state index contributed by atoms with van der Waals surface area (Å²) in [5.74, 6) is 1.16. The normalized spacial score (nSPS) is 40.2. The van der Waals surface area contributed by atoms with Crippen LogP contribution >= 0.6 is 11.8 Å². The van der Waals surface area contributed by atoms with Gasteiger partial charge in [0.05, 0.1) is 6.04 Å². The highest BCUT2D eigenvalue weighted by atomic mass is 32.2. The van der Waals surface area contributed by atoms with E-state index in [1.165, 1.54) is 30.9 Å². The summed E-state index contributed by atoms with van der Waals surface area (Å²) in [5.41, 5.74) is 0.673. The predicted octanol–water partition coefficient (Wildman–Crippen LogP) is 3.43. The Bertz CT molecular complexity index is 298. The first-order chi connectivity index (χ1) is 7.45. The molecule has 0 aromatic heterocycles. The zero-order valence-electron chi connectivity index (χ0n) is 11.0. The molecule has 2 atom stereocenters. The first-order valence-electron chi connectivity index (χ1n) is 6.44. The number of thioether (sulfide) groups is 1. The number of nitrogens with one attached hydrogen (secondary N) is 1. The number of amidine groups is 1. The lowest BCUT2D eigenvalue weighted by Crippen LogP contribution is -2.40. The third-order valence-electron chi connectivity index (χ3n) is 4.19. The van der Waals surface area contributed by atoms with E-state index in [9.17, 15) is 0 Å². The topological polar surface area (TPSA) is 24.4 Å². The maximum Gasteiger partial charge on any atom is 0.157 e. The van der Waals surface area contributed by atoms with E-state index in [2.05, 4.69) is 33.0 Å². The molecule has 0 radical (unpaired) electrons. The molecule has 1 aliphatic heterocycles. The monoisotopic (exact) mass is 240 g/mol. The molecule has 16 heavy (non-hydrogen) atoms. The molecule has 92 valence electrons. The van der Waals surface area contributed by atoms with Crippen LogP contribution in [0.4, 0.5) is 0 Å². The van der Waals surface area contributed by atoms with Gasteiger partial charge in [-0.2, -0.15) is 0 Å². The van der Waals surface area contributed by atoms with E-state index in [1.54, 1.807) is 0 Å². The van der Waals surface area contributed by atoms with Crippen molar-refractivity contribution in [3.05, 3.63) is 0 Å². The number of aliphatic imine (C=N–C) groups is 1. The van der Waals surface area contributed by atoms with Gasteiger partial charge in [0.1, 0.15) is 0 Å². The largest absolute Gasteiger partial charge is 0.359 e. The van der Waals surface area contributed by atoms with Crippen LogP contribution in [0.3, 0.4) is 0 Å². The zero-order valence-corrected chi connectivity index (χ0v) is 11.8. The molecule has 2 aliphatic rings. The second kappa shape index (κ2) is 4.25. The van der Waals surface area contributed by atoms with Crippen molar-refractivity contribution in [2.75, 3.05) is 5.75 Å². The predicted molar refractivity (Wildman–Crippen MR) is 73.1 cm³/mol. The molecule has 1 saturated heterocycles. The maximum absolute atomic E-state index is 4.94. The first-order valence-corrected chi connectivity index (χ1v) is 7.42. The Labute approximate surface area is 104 Å². The third kappa shape index (κ3) is 2.39. The van der Waals surface area contributed by atoms with E-state index in [0.717, 1.165) is 5.75 Å². The Morgan fingerprint density at radius 2 is 2.19 bits per heavy atom. The van der Waals surface area contributed by atoms with Gasteiger partial charge in [0.2, 0.25) is 0 Å². The van der Waals surface area contributed by atoms with Gasteiger partial charge in [-0.05, 0) is 31.6 Å². The fourth-order valence-electron chi connectivity index (χ4n) is 2.51. The summed E-state index contributed by atoms with van der Waals surface area (Å²) in [6, 6.07) is 0.529. The van der Waals surface area contributed by atoms with Crippen molar-refractivity contribution in [1.82, 2.24) is 5.32 Å². The van der Waals surface area contributed by atoms with Crippen molar-refractivity contribution in [1.29, 1.82) is 0 Å². The van der Waals surface area contributed by atoms with Gasteiger partial charge in [0.15, 0.2) is 5.17 Å². The lowest BCUT2D eigenvalue weighted by molar-refractivity contribution is 0.333. The Kier molecular flexibility index (Phi) is 3.26. The molecule has 1 heterocycles. The molecule has 0 amide bonds. The minimum Gasteiger partial charge on any atom is -0.359 e. The fraction of sp³-hybridized carbons (Fsp3) is 0.923. The quantitative estimate of drug-likeness (QED) is 0.799. The van der Waals surface area contributed by atoms with Gasteiger partial charge in [-0.3, -0.25) is 4.99 Å². The molecule has 0 aromatic carbocycles. The average Bonchev–Trinajstić information content (AvgIpc) is 2.73. The molecular weight excluding hydrogens is 216 g/mol. The number of hydrogen-bond acceptors (Lipinski definition) is 2. The fourth-order valence-corrected chi connectivity index (χ4v) is 3.76. The Morgan fingerprint density at radius 3 is 2.69 bits per heavy atom. The van der Waals surface area contributed by atoms with Gasteiger partial charge < -0.3 is 5.32 Å². The van der Waals surface area contributed by atoms with Crippen molar-refractivity contribution in [2.45, 2.75) is 65.0 Å². The van der Waals surface area contributed by atoms with Crippen LogP contribution in [0, 0.1) is 5.41 Å². The number of rotatable bonds is 2. The SMILES string of the molecule is CCC1(C)CSC(=NC2CCCC2(C)C)N1. The minimum absolute atomic E-state index is 0.270. The molecule has 2 rings (SSSR count). The molecule has 2 nitrogen and oxygen atoms in total. The minimum atomic E-state index is 0.270. The van der Waals surface area contributed by atoms with E-state index < -0.39 is 0 Å². The van der Waals surface area contributed by atoms with Gasteiger partial charge in [0.25, 0.3) is 0 Å². The van der Waals surface area contributed by atoms with Crippen molar-refractivity contribution in [3.8, 4) is 0 Å². The molecule has 1 saturated carbocycles. The number of nitrogens with zero attached hydrogens (tertiary/aromatic N) is 1. The molecule has 2 fully saturated rings. The zero-order chi connectivity index (χ0) is 11.8. The molecule has 1 aliphatic carbocycles. The van der Waals surface area contributed by atoms with Crippen LogP contribution in [0.25, 0.3) is 0 Å². The van der Waals surface area contributed by atoms with Crippen LogP contribution in [-0.2, 0) is 0 Å². The summed E-state index contributed by atoms with van der Waals surface area (Å²) in [5, 5.41) is 4.78. The molecule has 2 unspecified atom stereocenters.